The summed E-state index contributed by atoms with van der Waals surface area (Å²) in [7, 11) is 0. The largest absolute Gasteiger partial charge is 0.459 e. The van der Waals surface area contributed by atoms with Crippen molar-refractivity contribution in [2.45, 2.75) is 26.1 Å². The zero-order chi connectivity index (χ0) is 18.5. The van der Waals surface area contributed by atoms with Crippen LogP contribution in [0.3, 0.4) is 0 Å². The van der Waals surface area contributed by atoms with Crippen molar-refractivity contribution in [2.75, 3.05) is 0 Å². The van der Waals surface area contributed by atoms with E-state index in [1.165, 1.54) is 6.07 Å². The quantitative estimate of drug-likeness (QED) is 0.676. The van der Waals surface area contributed by atoms with Gasteiger partial charge in [-0.05, 0) is 25.1 Å². The first kappa shape index (κ1) is 17.7. The maximum Gasteiger partial charge on any atom is 0.387 e. The summed E-state index contributed by atoms with van der Waals surface area (Å²) in [6.45, 7) is -1.06. The highest BCUT2D eigenvalue weighted by Gasteiger charge is 2.15. The Labute approximate surface area is 148 Å². The molecular weight excluding hydrogens is 342 g/mol. The number of urea groups is 1. The van der Waals surface area contributed by atoms with E-state index in [1.54, 1.807) is 25.1 Å². The van der Waals surface area contributed by atoms with Crippen LogP contribution >= 0.6 is 0 Å². The van der Waals surface area contributed by atoms with E-state index in [2.05, 4.69) is 15.4 Å². The average molecular weight is 360 g/mol. The summed E-state index contributed by atoms with van der Waals surface area (Å²) in [6.07, 6.45) is 0. The molecule has 3 aromatic rings. The molecule has 1 aromatic heterocycles. The number of amides is 2. The molecule has 7 heteroatoms. The van der Waals surface area contributed by atoms with Crippen molar-refractivity contribution in [3.63, 3.8) is 0 Å². The topological polar surface area (TPSA) is 63.5 Å². The molecule has 0 radical (unpaired) electrons. The van der Waals surface area contributed by atoms with Crippen LogP contribution in [-0.4, -0.2) is 12.6 Å². The highest BCUT2D eigenvalue weighted by molar-refractivity contribution is 5.78. The number of nitrogens with one attached hydrogen (secondary N) is 2. The molecule has 0 bridgehead atoms. The number of halogens is 2. The normalized spacial score (nSPS) is 12.2. The summed E-state index contributed by atoms with van der Waals surface area (Å²) in [4.78, 5) is 12.1. The summed E-state index contributed by atoms with van der Waals surface area (Å²) in [6, 6.07) is 14.9. The Bertz CT molecular complexity index is 862. The fourth-order valence-electron chi connectivity index (χ4n) is 2.57. The molecule has 136 valence electrons. The maximum atomic E-state index is 12.4. The first-order valence-electron chi connectivity index (χ1n) is 8.08. The van der Waals surface area contributed by atoms with Crippen LogP contribution in [0.1, 0.15) is 24.3 Å². The van der Waals surface area contributed by atoms with E-state index >= 15 is 0 Å². The summed E-state index contributed by atoms with van der Waals surface area (Å²) in [5.41, 5.74) is 1.20. The van der Waals surface area contributed by atoms with Gasteiger partial charge in [0.2, 0.25) is 0 Å². The van der Waals surface area contributed by atoms with Gasteiger partial charge in [-0.1, -0.05) is 36.4 Å². The third-order valence-electron chi connectivity index (χ3n) is 3.85. The number of hydrogen-bond donors (Lipinski definition) is 2. The Balaban J connectivity index is 1.59. The van der Waals surface area contributed by atoms with Crippen LogP contribution < -0.4 is 15.4 Å². The molecule has 0 saturated heterocycles. The van der Waals surface area contributed by atoms with Crippen LogP contribution in [0.25, 0.3) is 11.0 Å². The van der Waals surface area contributed by atoms with E-state index < -0.39 is 12.6 Å². The number of fused-ring (bicyclic) bond motifs is 1. The lowest BCUT2D eigenvalue weighted by molar-refractivity contribution is -0.0504. The molecule has 0 spiro atoms. The van der Waals surface area contributed by atoms with Gasteiger partial charge in [0.15, 0.2) is 0 Å². The van der Waals surface area contributed by atoms with Gasteiger partial charge in [-0.3, -0.25) is 0 Å². The van der Waals surface area contributed by atoms with Gasteiger partial charge in [-0.15, -0.1) is 0 Å². The van der Waals surface area contributed by atoms with Crippen LogP contribution in [0.2, 0.25) is 0 Å². The van der Waals surface area contributed by atoms with Gasteiger partial charge in [0.25, 0.3) is 0 Å². The lowest BCUT2D eigenvalue weighted by Crippen LogP contribution is -2.36. The molecule has 1 atom stereocenters. The van der Waals surface area contributed by atoms with E-state index in [-0.39, 0.29) is 18.3 Å². The number of alkyl halides is 2. The standard InChI is InChI=1S/C19H18F2N2O3/c1-12(17-10-13-6-2-4-8-15(13)25-17)23-19(24)22-11-14-7-3-5-9-16(14)26-18(20)21/h2-10,12,18H,11H2,1H3,(H2,22,23,24). The minimum atomic E-state index is -2.92. The summed E-state index contributed by atoms with van der Waals surface area (Å²) < 4.78 is 35.0. The molecule has 2 aromatic carbocycles. The van der Waals surface area contributed by atoms with Crippen molar-refractivity contribution in [1.29, 1.82) is 0 Å². The SMILES string of the molecule is CC(NC(=O)NCc1ccccc1OC(F)F)c1cc2ccccc2o1. The van der Waals surface area contributed by atoms with E-state index in [4.69, 9.17) is 4.42 Å². The second-order valence-corrected chi connectivity index (χ2v) is 5.72. The number of furan rings is 1. The number of carbonyl (C=O) groups is 1. The highest BCUT2D eigenvalue weighted by atomic mass is 19.3. The minimum absolute atomic E-state index is 0.0353. The summed E-state index contributed by atoms with van der Waals surface area (Å²) in [5, 5.41) is 6.34. The van der Waals surface area contributed by atoms with Crippen molar-refractivity contribution in [1.82, 2.24) is 10.6 Å². The van der Waals surface area contributed by atoms with Crippen molar-refractivity contribution < 1.29 is 22.7 Å². The van der Waals surface area contributed by atoms with Gasteiger partial charge in [0.1, 0.15) is 17.1 Å². The van der Waals surface area contributed by atoms with E-state index in [1.807, 2.05) is 30.3 Å². The van der Waals surface area contributed by atoms with Crippen molar-refractivity contribution in [3.05, 3.63) is 65.9 Å². The van der Waals surface area contributed by atoms with Crippen LogP contribution in [0.15, 0.2) is 59.0 Å². The van der Waals surface area contributed by atoms with Gasteiger partial charge in [-0.2, -0.15) is 8.78 Å². The molecule has 5 nitrogen and oxygen atoms in total. The number of hydrogen-bond acceptors (Lipinski definition) is 3. The van der Waals surface area contributed by atoms with Crippen molar-refractivity contribution in [3.8, 4) is 5.75 Å². The monoisotopic (exact) mass is 360 g/mol. The molecule has 0 aliphatic carbocycles. The Hall–Kier alpha value is -3.09. The minimum Gasteiger partial charge on any atom is -0.459 e. The number of benzene rings is 2. The Morgan fingerprint density at radius 1 is 1.15 bits per heavy atom. The Morgan fingerprint density at radius 2 is 1.88 bits per heavy atom. The van der Waals surface area contributed by atoms with Gasteiger partial charge in [0, 0.05) is 17.5 Å². The predicted octanol–water partition coefficient (Wildman–Crippen LogP) is 4.59. The molecule has 0 fully saturated rings. The number of para-hydroxylation sites is 2. The van der Waals surface area contributed by atoms with Crippen molar-refractivity contribution >= 4 is 17.0 Å². The zero-order valence-electron chi connectivity index (χ0n) is 14.0. The first-order valence-corrected chi connectivity index (χ1v) is 8.08. The molecule has 2 N–H and O–H groups in total. The molecule has 3 rings (SSSR count). The second-order valence-electron chi connectivity index (χ2n) is 5.72. The third-order valence-corrected chi connectivity index (χ3v) is 3.85. The van der Waals surface area contributed by atoms with Gasteiger partial charge >= 0.3 is 12.6 Å². The number of ether oxygens (including phenoxy) is 1. The fourth-order valence-corrected chi connectivity index (χ4v) is 2.57. The molecule has 0 aliphatic heterocycles. The maximum absolute atomic E-state index is 12.4. The van der Waals surface area contributed by atoms with Crippen LogP contribution in [0.4, 0.5) is 13.6 Å². The zero-order valence-corrected chi connectivity index (χ0v) is 14.0. The Morgan fingerprint density at radius 3 is 2.65 bits per heavy atom. The second kappa shape index (κ2) is 7.86. The number of rotatable bonds is 6. The molecule has 1 unspecified atom stereocenters. The highest BCUT2D eigenvalue weighted by Crippen LogP contribution is 2.23. The molecule has 26 heavy (non-hydrogen) atoms. The van der Waals surface area contributed by atoms with Crippen molar-refractivity contribution in [2.24, 2.45) is 0 Å². The van der Waals surface area contributed by atoms with E-state index in [9.17, 15) is 13.6 Å². The smallest absolute Gasteiger partial charge is 0.387 e. The van der Waals surface area contributed by atoms with E-state index in [0.29, 0.717) is 11.3 Å². The molecule has 1 heterocycles. The first-order chi connectivity index (χ1) is 12.5. The lowest BCUT2D eigenvalue weighted by Gasteiger charge is -2.14. The average Bonchev–Trinajstić information content (AvgIpc) is 3.05. The summed E-state index contributed by atoms with van der Waals surface area (Å²) in [5.74, 6) is 0.663. The van der Waals surface area contributed by atoms with Gasteiger partial charge < -0.3 is 19.8 Å². The van der Waals surface area contributed by atoms with Gasteiger partial charge in [-0.25, -0.2) is 4.79 Å². The predicted molar refractivity (Wildman–Crippen MR) is 93.1 cm³/mol. The third kappa shape index (κ3) is 4.30. The fraction of sp³-hybridized carbons (Fsp3) is 0.211. The van der Waals surface area contributed by atoms with Crippen LogP contribution in [0, 0.1) is 0 Å². The van der Waals surface area contributed by atoms with Crippen LogP contribution in [0.5, 0.6) is 5.75 Å². The molecular formula is C19H18F2N2O3. The van der Waals surface area contributed by atoms with Crippen LogP contribution in [-0.2, 0) is 6.54 Å². The van der Waals surface area contributed by atoms with Gasteiger partial charge in [0.05, 0.1) is 6.04 Å². The summed E-state index contributed by atoms with van der Waals surface area (Å²) >= 11 is 0. The molecule has 0 aliphatic rings. The molecule has 2 amide bonds. The number of carbonyl (C=O) groups excluding carboxylic acids is 1. The lowest BCUT2D eigenvalue weighted by atomic mass is 10.2. The molecule has 0 saturated carbocycles. The van der Waals surface area contributed by atoms with E-state index in [0.717, 1.165) is 11.0 Å². The Kier molecular flexibility index (Phi) is 5.36.